The van der Waals surface area contributed by atoms with E-state index in [2.05, 4.69) is 9.80 Å². The van der Waals surface area contributed by atoms with E-state index < -0.39 is 0 Å². The summed E-state index contributed by atoms with van der Waals surface area (Å²) >= 11 is 0. The van der Waals surface area contributed by atoms with Gasteiger partial charge < -0.3 is 9.47 Å². The lowest BCUT2D eigenvalue weighted by atomic mass is 10.0. The van der Waals surface area contributed by atoms with Crippen molar-refractivity contribution in [1.29, 1.82) is 0 Å². The molecular weight excluding hydrogens is 220 g/mol. The standard InChI is InChI=1S/C12H22N2O3/c1-16-12(15)11-3-6-14(11)5-2-4-13-7-9-17-10-8-13/h11H,2-10H2,1H3. The summed E-state index contributed by atoms with van der Waals surface area (Å²) in [5.74, 6) is -0.0809. The topological polar surface area (TPSA) is 42.0 Å². The molecule has 0 aromatic heterocycles. The molecule has 5 nitrogen and oxygen atoms in total. The summed E-state index contributed by atoms with van der Waals surface area (Å²) in [6, 6.07) is 0.0182. The fraction of sp³-hybridized carbons (Fsp3) is 0.917. The van der Waals surface area contributed by atoms with Gasteiger partial charge in [0, 0.05) is 26.2 Å². The third kappa shape index (κ3) is 3.40. The van der Waals surface area contributed by atoms with Gasteiger partial charge in [-0.25, -0.2) is 0 Å². The highest BCUT2D eigenvalue weighted by molar-refractivity contribution is 5.76. The Balaban J connectivity index is 1.60. The van der Waals surface area contributed by atoms with Gasteiger partial charge in [0.15, 0.2) is 0 Å². The Hall–Kier alpha value is -0.650. The third-order valence-corrected chi connectivity index (χ3v) is 3.63. The normalized spacial score (nSPS) is 26.5. The van der Waals surface area contributed by atoms with Crippen molar-refractivity contribution in [2.24, 2.45) is 0 Å². The number of ether oxygens (including phenoxy) is 2. The number of likely N-dealkylation sites (tertiary alicyclic amines) is 1. The maximum absolute atomic E-state index is 11.4. The van der Waals surface area contributed by atoms with Crippen LogP contribution < -0.4 is 0 Å². The van der Waals surface area contributed by atoms with E-state index in [0.717, 1.165) is 58.8 Å². The van der Waals surface area contributed by atoms with Crippen molar-refractivity contribution in [2.75, 3.05) is 53.0 Å². The molecule has 2 aliphatic heterocycles. The van der Waals surface area contributed by atoms with Gasteiger partial charge in [-0.05, 0) is 19.4 Å². The molecule has 0 spiro atoms. The summed E-state index contributed by atoms with van der Waals surface area (Å²) in [6.07, 6.45) is 2.07. The molecule has 1 atom stereocenters. The Kier molecular flexibility index (Phi) is 4.76. The van der Waals surface area contributed by atoms with E-state index in [1.807, 2.05) is 0 Å². The molecule has 2 rings (SSSR count). The van der Waals surface area contributed by atoms with Crippen LogP contribution in [0.2, 0.25) is 0 Å². The molecule has 17 heavy (non-hydrogen) atoms. The molecular formula is C12H22N2O3. The Morgan fingerprint density at radius 2 is 2.06 bits per heavy atom. The molecule has 0 aliphatic carbocycles. The number of esters is 1. The van der Waals surface area contributed by atoms with Crippen molar-refractivity contribution in [3.63, 3.8) is 0 Å². The molecule has 0 amide bonds. The first-order chi connectivity index (χ1) is 8.31. The largest absolute Gasteiger partial charge is 0.468 e. The van der Waals surface area contributed by atoms with Gasteiger partial charge in [0.1, 0.15) is 6.04 Å². The number of carbonyl (C=O) groups is 1. The number of rotatable bonds is 5. The second-order valence-electron chi connectivity index (χ2n) is 4.67. The summed E-state index contributed by atoms with van der Waals surface area (Å²) in [4.78, 5) is 16.0. The first-order valence-electron chi connectivity index (χ1n) is 6.43. The van der Waals surface area contributed by atoms with Crippen LogP contribution in [0.15, 0.2) is 0 Å². The molecule has 2 heterocycles. The molecule has 0 bridgehead atoms. The highest BCUT2D eigenvalue weighted by atomic mass is 16.5. The van der Waals surface area contributed by atoms with E-state index in [1.54, 1.807) is 0 Å². The highest BCUT2D eigenvalue weighted by Crippen LogP contribution is 2.18. The maximum Gasteiger partial charge on any atom is 0.323 e. The van der Waals surface area contributed by atoms with Crippen LogP contribution in [-0.4, -0.2) is 74.9 Å². The summed E-state index contributed by atoms with van der Waals surface area (Å²) in [7, 11) is 1.46. The zero-order chi connectivity index (χ0) is 12.1. The monoisotopic (exact) mass is 242 g/mol. The summed E-state index contributed by atoms with van der Waals surface area (Å²) in [6.45, 7) is 6.93. The molecule has 0 radical (unpaired) electrons. The van der Waals surface area contributed by atoms with Crippen LogP contribution in [0.4, 0.5) is 0 Å². The number of carbonyl (C=O) groups excluding carboxylic acids is 1. The fourth-order valence-electron chi connectivity index (χ4n) is 2.43. The highest BCUT2D eigenvalue weighted by Gasteiger charge is 2.34. The van der Waals surface area contributed by atoms with Crippen LogP contribution in [-0.2, 0) is 14.3 Å². The molecule has 5 heteroatoms. The zero-order valence-electron chi connectivity index (χ0n) is 10.6. The second-order valence-corrected chi connectivity index (χ2v) is 4.67. The van der Waals surface area contributed by atoms with Crippen molar-refractivity contribution in [2.45, 2.75) is 18.9 Å². The van der Waals surface area contributed by atoms with Crippen LogP contribution >= 0.6 is 0 Å². The number of morpholine rings is 1. The zero-order valence-corrected chi connectivity index (χ0v) is 10.6. The minimum atomic E-state index is -0.0809. The Labute approximate surface area is 103 Å². The Morgan fingerprint density at radius 1 is 1.29 bits per heavy atom. The molecule has 2 aliphatic rings. The van der Waals surface area contributed by atoms with Crippen molar-refractivity contribution in [3.8, 4) is 0 Å². The van der Waals surface area contributed by atoms with E-state index in [9.17, 15) is 4.79 Å². The van der Waals surface area contributed by atoms with Crippen molar-refractivity contribution < 1.29 is 14.3 Å². The molecule has 98 valence electrons. The lowest BCUT2D eigenvalue weighted by molar-refractivity contribution is -0.151. The Morgan fingerprint density at radius 3 is 2.65 bits per heavy atom. The van der Waals surface area contributed by atoms with E-state index >= 15 is 0 Å². The van der Waals surface area contributed by atoms with Gasteiger partial charge in [0.05, 0.1) is 20.3 Å². The Bertz CT molecular complexity index is 254. The van der Waals surface area contributed by atoms with Crippen LogP contribution in [0, 0.1) is 0 Å². The lowest BCUT2D eigenvalue weighted by Crippen LogP contribution is -2.53. The average Bonchev–Trinajstić information content (AvgIpc) is 2.34. The van der Waals surface area contributed by atoms with Crippen molar-refractivity contribution >= 4 is 5.97 Å². The van der Waals surface area contributed by atoms with E-state index in [4.69, 9.17) is 9.47 Å². The van der Waals surface area contributed by atoms with Crippen molar-refractivity contribution in [3.05, 3.63) is 0 Å². The van der Waals surface area contributed by atoms with E-state index in [-0.39, 0.29) is 12.0 Å². The predicted molar refractivity (Wildman–Crippen MR) is 63.9 cm³/mol. The summed E-state index contributed by atoms with van der Waals surface area (Å²) in [5.41, 5.74) is 0. The molecule has 0 N–H and O–H groups in total. The van der Waals surface area contributed by atoms with E-state index in [0.29, 0.717) is 0 Å². The minimum absolute atomic E-state index is 0.0182. The second kappa shape index (κ2) is 6.33. The van der Waals surface area contributed by atoms with Gasteiger partial charge in [0.25, 0.3) is 0 Å². The summed E-state index contributed by atoms with van der Waals surface area (Å²) < 4.78 is 10.1. The van der Waals surface area contributed by atoms with Gasteiger partial charge >= 0.3 is 5.97 Å². The number of hydrogen-bond donors (Lipinski definition) is 0. The summed E-state index contributed by atoms with van der Waals surface area (Å²) in [5, 5.41) is 0. The molecule has 0 saturated carbocycles. The molecule has 0 aromatic rings. The van der Waals surface area contributed by atoms with Crippen molar-refractivity contribution in [1.82, 2.24) is 9.80 Å². The molecule has 1 unspecified atom stereocenters. The number of hydrogen-bond acceptors (Lipinski definition) is 5. The van der Waals surface area contributed by atoms with Gasteiger partial charge in [-0.1, -0.05) is 0 Å². The lowest BCUT2D eigenvalue weighted by Gasteiger charge is -2.39. The first kappa shape index (κ1) is 12.8. The molecule has 0 aromatic carbocycles. The van der Waals surface area contributed by atoms with Crippen LogP contribution in [0.5, 0.6) is 0 Å². The minimum Gasteiger partial charge on any atom is -0.468 e. The predicted octanol–water partition coefficient (Wildman–Crippen LogP) is -0.0440. The van der Waals surface area contributed by atoms with Crippen LogP contribution in [0.25, 0.3) is 0 Å². The number of methoxy groups -OCH3 is 1. The van der Waals surface area contributed by atoms with E-state index in [1.165, 1.54) is 7.11 Å². The maximum atomic E-state index is 11.4. The van der Waals surface area contributed by atoms with Gasteiger partial charge in [-0.3, -0.25) is 14.6 Å². The van der Waals surface area contributed by atoms with Gasteiger partial charge in [0.2, 0.25) is 0 Å². The quantitative estimate of drug-likeness (QED) is 0.633. The van der Waals surface area contributed by atoms with Gasteiger partial charge in [-0.15, -0.1) is 0 Å². The van der Waals surface area contributed by atoms with Gasteiger partial charge in [-0.2, -0.15) is 0 Å². The SMILES string of the molecule is COC(=O)C1CCN1CCCN1CCOCC1. The fourth-order valence-corrected chi connectivity index (χ4v) is 2.43. The smallest absolute Gasteiger partial charge is 0.323 e. The van der Waals surface area contributed by atoms with Crippen LogP contribution in [0.3, 0.4) is 0 Å². The number of nitrogens with zero attached hydrogens (tertiary/aromatic N) is 2. The molecule has 2 fully saturated rings. The van der Waals surface area contributed by atoms with Crippen LogP contribution in [0.1, 0.15) is 12.8 Å². The molecule has 2 saturated heterocycles. The average molecular weight is 242 g/mol. The first-order valence-corrected chi connectivity index (χ1v) is 6.43. The third-order valence-electron chi connectivity index (χ3n) is 3.63.